The quantitative estimate of drug-likeness (QED) is 0.877. The second-order valence-electron chi connectivity index (χ2n) is 4.06. The molecule has 1 heterocycles. The van der Waals surface area contributed by atoms with Gasteiger partial charge in [0, 0.05) is 17.7 Å². The van der Waals surface area contributed by atoms with Crippen molar-refractivity contribution in [2.75, 3.05) is 4.72 Å². The van der Waals surface area contributed by atoms with Crippen LogP contribution in [-0.4, -0.2) is 24.1 Å². The van der Waals surface area contributed by atoms with Crippen molar-refractivity contribution in [3.63, 3.8) is 0 Å². The third kappa shape index (κ3) is 2.86. The van der Waals surface area contributed by atoms with E-state index in [0.29, 0.717) is 10.2 Å². The molecule has 1 aromatic carbocycles. The molecule has 0 saturated heterocycles. The first kappa shape index (κ1) is 14.6. The molecule has 1 aromatic heterocycles. The normalized spacial score (nSPS) is 11.3. The highest BCUT2D eigenvalue weighted by Gasteiger charge is 2.20. The van der Waals surface area contributed by atoms with Crippen molar-refractivity contribution in [1.82, 2.24) is 4.57 Å². The minimum absolute atomic E-state index is 0.0995. The Hall–Kier alpha value is -1.80. The SMILES string of the molecule is Cn1cc(S(=O)(=O)Nc2ccccc2Br)cc1C(=O)O. The Morgan fingerprint density at radius 2 is 2.00 bits per heavy atom. The molecular formula is C12H11BrN2O4S. The van der Waals surface area contributed by atoms with Gasteiger partial charge < -0.3 is 9.67 Å². The summed E-state index contributed by atoms with van der Waals surface area (Å²) >= 11 is 3.24. The molecule has 2 N–H and O–H groups in total. The highest BCUT2D eigenvalue weighted by molar-refractivity contribution is 9.10. The van der Waals surface area contributed by atoms with E-state index in [2.05, 4.69) is 20.7 Å². The monoisotopic (exact) mass is 358 g/mol. The summed E-state index contributed by atoms with van der Waals surface area (Å²) in [5.74, 6) is -1.19. The Bertz CT molecular complexity index is 768. The maximum Gasteiger partial charge on any atom is 0.352 e. The third-order valence-electron chi connectivity index (χ3n) is 2.63. The Labute approximate surface area is 124 Å². The number of sulfonamides is 1. The molecule has 0 spiro atoms. The number of hydrogen-bond donors (Lipinski definition) is 2. The van der Waals surface area contributed by atoms with Gasteiger partial charge in [-0.1, -0.05) is 12.1 Å². The smallest absolute Gasteiger partial charge is 0.352 e. The fourth-order valence-corrected chi connectivity index (χ4v) is 3.31. The van der Waals surface area contributed by atoms with Gasteiger partial charge in [0.1, 0.15) is 10.6 Å². The largest absolute Gasteiger partial charge is 0.477 e. The number of halogens is 1. The molecule has 0 bridgehead atoms. The van der Waals surface area contributed by atoms with Crippen LogP contribution in [-0.2, 0) is 17.1 Å². The van der Waals surface area contributed by atoms with Gasteiger partial charge in [0.2, 0.25) is 0 Å². The van der Waals surface area contributed by atoms with E-state index in [1.807, 2.05) is 0 Å². The minimum Gasteiger partial charge on any atom is -0.477 e. The zero-order chi connectivity index (χ0) is 14.9. The van der Waals surface area contributed by atoms with Crippen LogP contribution < -0.4 is 4.72 Å². The summed E-state index contributed by atoms with van der Waals surface area (Å²) in [4.78, 5) is 10.8. The molecule has 6 nitrogen and oxygen atoms in total. The lowest BCUT2D eigenvalue weighted by Gasteiger charge is -2.07. The maximum absolute atomic E-state index is 12.2. The lowest BCUT2D eigenvalue weighted by Crippen LogP contribution is -2.12. The Balaban J connectivity index is 2.39. The van der Waals surface area contributed by atoms with Crippen molar-refractivity contribution in [3.8, 4) is 0 Å². The average molecular weight is 359 g/mol. The van der Waals surface area contributed by atoms with Gasteiger partial charge in [-0.25, -0.2) is 13.2 Å². The summed E-state index contributed by atoms with van der Waals surface area (Å²) in [6.45, 7) is 0. The van der Waals surface area contributed by atoms with Crippen molar-refractivity contribution in [2.24, 2.45) is 7.05 Å². The van der Waals surface area contributed by atoms with Gasteiger partial charge in [0.15, 0.2) is 0 Å². The zero-order valence-electron chi connectivity index (χ0n) is 10.4. The molecule has 0 aliphatic heterocycles. The van der Waals surface area contributed by atoms with Crippen LogP contribution in [0.4, 0.5) is 5.69 Å². The van der Waals surface area contributed by atoms with Gasteiger partial charge in [-0.3, -0.25) is 4.72 Å². The third-order valence-corrected chi connectivity index (χ3v) is 4.65. The fourth-order valence-electron chi connectivity index (χ4n) is 1.64. The first-order valence-electron chi connectivity index (χ1n) is 5.48. The predicted octanol–water partition coefficient (Wildman–Crippen LogP) is 2.29. The van der Waals surface area contributed by atoms with Gasteiger partial charge in [-0.2, -0.15) is 0 Å². The van der Waals surface area contributed by atoms with Crippen molar-refractivity contribution in [3.05, 3.63) is 46.7 Å². The molecule has 0 atom stereocenters. The lowest BCUT2D eigenvalue weighted by atomic mass is 10.3. The average Bonchev–Trinajstić information content (AvgIpc) is 2.75. The topological polar surface area (TPSA) is 88.4 Å². The molecule has 2 rings (SSSR count). The van der Waals surface area contributed by atoms with E-state index in [4.69, 9.17) is 5.11 Å². The van der Waals surface area contributed by atoms with Gasteiger partial charge >= 0.3 is 5.97 Å². The highest BCUT2D eigenvalue weighted by atomic mass is 79.9. The number of anilines is 1. The van der Waals surface area contributed by atoms with Crippen molar-refractivity contribution >= 4 is 37.6 Å². The standard InChI is InChI=1S/C12H11BrN2O4S/c1-15-7-8(6-11(15)12(16)17)20(18,19)14-10-5-3-2-4-9(10)13/h2-7,14H,1H3,(H,16,17). The summed E-state index contributed by atoms with van der Waals surface area (Å²) in [5, 5.41) is 8.93. The highest BCUT2D eigenvalue weighted by Crippen LogP contribution is 2.25. The summed E-state index contributed by atoms with van der Waals surface area (Å²) in [6, 6.07) is 7.86. The number of hydrogen-bond acceptors (Lipinski definition) is 3. The van der Waals surface area contributed by atoms with Crippen LogP contribution in [0.3, 0.4) is 0 Å². The van der Waals surface area contributed by atoms with E-state index in [0.717, 1.165) is 6.07 Å². The van der Waals surface area contributed by atoms with Crippen LogP contribution in [0.25, 0.3) is 0 Å². The summed E-state index contributed by atoms with van der Waals surface area (Å²) < 4.78 is 28.7. The first-order chi connectivity index (χ1) is 9.31. The Morgan fingerprint density at radius 1 is 1.35 bits per heavy atom. The second kappa shape index (κ2) is 5.29. The number of carbonyl (C=O) groups is 1. The molecular weight excluding hydrogens is 348 g/mol. The van der Waals surface area contributed by atoms with Crippen LogP contribution in [0.1, 0.15) is 10.5 Å². The van der Waals surface area contributed by atoms with Crippen LogP contribution in [0.5, 0.6) is 0 Å². The molecule has 20 heavy (non-hydrogen) atoms. The van der Waals surface area contributed by atoms with Gasteiger partial charge in [0.25, 0.3) is 10.0 Å². The van der Waals surface area contributed by atoms with E-state index in [1.165, 1.54) is 17.8 Å². The fraction of sp³-hybridized carbons (Fsp3) is 0.0833. The van der Waals surface area contributed by atoms with E-state index in [9.17, 15) is 13.2 Å². The van der Waals surface area contributed by atoms with E-state index >= 15 is 0 Å². The number of aromatic carboxylic acids is 1. The van der Waals surface area contributed by atoms with Crippen LogP contribution in [0.2, 0.25) is 0 Å². The van der Waals surface area contributed by atoms with Crippen LogP contribution in [0.15, 0.2) is 45.9 Å². The predicted molar refractivity (Wildman–Crippen MR) is 77.3 cm³/mol. The summed E-state index contributed by atoms with van der Waals surface area (Å²) in [5.41, 5.74) is 0.283. The van der Waals surface area contributed by atoms with E-state index in [1.54, 1.807) is 24.3 Å². The zero-order valence-corrected chi connectivity index (χ0v) is 12.8. The number of aryl methyl sites for hydroxylation is 1. The number of rotatable bonds is 4. The van der Waals surface area contributed by atoms with Gasteiger partial charge in [-0.15, -0.1) is 0 Å². The molecule has 8 heteroatoms. The van der Waals surface area contributed by atoms with E-state index < -0.39 is 16.0 Å². The van der Waals surface area contributed by atoms with Crippen molar-refractivity contribution < 1.29 is 18.3 Å². The number of carboxylic acid groups (broad SMARTS) is 1. The van der Waals surface area contributed by atoms with Gasteiger partial charge in [-0.05, 0) is 34.1 Å². The number of nitrogens with one attached hydrogen (secondary N) is 1. The summed E-state index contributed by atoms with van der Waals surface area (Å²) in [6.07, 6.45) is 1.25. The molecule has 0 aliphatic carbocycles. The van der Waals surface area contributed by atoms with Crippen LogP contribution >= 0.6 is 15.9 Å². The lowest BCUT2D eigenvalue weighted by molar-refractivity contribution is 0.0686. The molecule has 106 valence electrons. The number of carboxylic acids is 1. The van der Waals surface area contributed by atoms with E-state index in [-0.39, 0.29) is 10.6 Å². The molecule has 0 radical (unpaired) electrons. The molecule has 0 saturated carbocycles. The Kier molecular flexibility index (Phi) is 3.87. The summed E-state index contributed by atoms with van der Waals surface area (Å²) in [7, 11) is -2.36. The molecule has 2 aromatic rings. The number of nitrogens with zero attached hydrogens (tertiary/aromatic N) is 1. The van der Waals surface area contributed by atoms with Gasteiger partial charge in [0.05, 0.1) is 5.69 Å². The molecule has 0 aliphatic rings. The van der Waals surface area contributed by atoms with Crippen molar-refractivity contribution in [1.29, 1.82) is 0 Å². The van der Waals surface area contributed by atoms with Crippen LogP contribution in [0, 0.1) is 0 Å². The minimum atomic E-state index is -3.84. The maximum atomic E-state index is 12.2. The number of aromatic nitrogens is 1. The second-order valence-corrected chi connectivity index (χ2v) is 6.60. The first-order valence-corrected chi connectivity index (χ1v) is 7.76. The molecule has 0 unspecified atom stereocenters. The number of para-hydroxylation sites is 1. The molecule has 0 fully saturated rings. The molecule has 0 amide bonds. The Morgan fingerprint density at radius 3 is 2.55 bits per heavy atom. The van der Waals surface area contributed by atoms with Crippen molar-refractivity contribution in [2.45, 2.75) is 4.90 Å². The number of benzene rings is 1.